The van der Waals surface area contributed by atoms with Crippen LogP contribution in [-0.2, 0) is 0 Å². The highest BCUT2D eigenvalue weighted by Crippen LogP contribution is 2.17. The monoisotopic (exact) mass is 270 g/mol. The highest BCUT2D eigenvalue weighted by atomic mass is 16.6. The standard InChI is InChI=1S/C15H14N2O3/c1-10-7-8-11(14(16)18)9-13(10)17-15(19)20-12-5-3-2-4-6-12/h2-9H,1H3,(H2,16,18)(H,17,19). The number of nitrogens with one attached hydrogen (secondary N) is 1. The van der Waals surface area contributed by atoms with E-state index < -0.39 is 12.0 Å². The molecule has 0 saturated heterocycles. The quantitative estimate of drug-likeness (QED) is 0.899. The molecule has 2 aromatic carbocycles. The maximum absolute atomic E-state index is 11.8. The van der Waals surface area contributed by atoms with Gasteiger partial charge in [0.15, 0.2) is 0 Å². The van der Waals surface area contributed by atoms with Gasteiger partial charge < -0.3 is 10.5 Å². The van der Waals surface area contributed by atoms with Crippen LogP contribution in [0.5, 0.6) is 5.75 Å². The minimum atomic E-state index is -0.624. The number of ether oxygens (including phenoxy) is 1. The van der Waals surface area contributed by atoms with E-state index in [4.69, 9.17) is 10.5 Å². The SMILES string of the molecule is Cc1ccc(C(N)=O)cc1NC(=O)Oc1ccccc1. The minimum Gasteiger partial charge on any atom is -0.410 e. The van der Waals surface area contributed by atoms with Gasteiger partial charge >= 0.3 is 6.09 Å². The summed E-state index contributed by atoms with van der Waals surface area (Å²) in [5.41, 5.74) is 6.82. The van der Waals surface area contributed by atoms with Crippen LogP contribution in [0.1, 0.15) is 15.9 Å². The molecule has 102 valence electrons. The van der Waals surface area contributed by atoms with Crippen molar-refractivity contribution in [2.24, 2.45) is 5.73 Å². The van der Waals surface area contributed by atoms with Gasteiger partial charge in [-0.05, 0) is 36.8 Å². The van der Waals surface area contributed by atoms with E-state index in [0.29, 0.717) is 17.0 Å². The third-order valence-corrected chi connectivity index (χ3v) is 2.71. The molecule has 2 amide bonds. The third kappa shape index (κ3) is 3.35. The molecule has 0 atom stereocenters. The number of para-hydroxylation sites is 1. The summed E-state index contributed by atoms with van der Waals surface area (Å²) in [4.78, 5) is 22.9. The van der Waals surface area contributed by atoms with Crippen LogP contribution in [0.25, 0.3) is 0 Å². The molecule has 2 aromatic rings. The summed E-state index contributed by atoms with van der Waals surface area (Å²) in [7, 11) is 0. The number of hydrogen-bond acceptors (Lipinski definition) is 3. The van der Waals surface area contributed by atoms with Crippen molar-refractivity contribution in [1.82, 2.24) is 0 Å². The van der Waals surface area contributed by atoms with Gasteiger partial charge in [0, 0.05) is 11.3 Å². The van der Waals surface area contributed by atoms with E-state index in [1.807, 2.05) is 13.0 Å². The van der Waals surface area contributed by atoms with Gasteiger partial charge in [-0.3, -0.25) is 10.1 Å². The van der Waals surface area contributed by atoms with Gasteiger partial charge in [-0.25, -0.2) is 4.79 Å². The zero-order chi connectivity index (χ0) is 14.5. The van der Waals surface area contributed by atoms with Crippen molar-refractivity contribution in [2.75, 3.05) is 5.32 Å². The normalized spacial score (nSPS) is 9.85. The van der Waals surface area contributed by atoms with Crippen LogP contribution in [0.4, 0.5) is 10.5 Å². The highest BCUT2D eigenvalue weighted by Gasteiger charge is 2.09. The lowest BCUT2D eigenvalue weighted by Gasteiger charge is -2.10. The van der Waals surface area contributed by atoms with E-state index in [9.17, 15) is 9.59 Å². The Morgan fingerprint density at radius 1 is 1.10 bits per heavy atom. The molecule has 0 aliphatic carbocycles. The topological polar surface area (TPSA) is 81.4 Å². The van der Waals surface area contributed by atoms with Crippen molar-refractivity contribution in [2.45, 2.75) is 6.92 Å². The second kappa shape index (κ2) is 5.88. The van der Waals surface area contributed by atoms with Gasteiger partial charge in [-0.2, -0.15) is 0 Å². The largest absolute Gasteiger partial charge is 0.417 e. The van der Waals surface area contributed by atoms with Gasteiger partial charge in [0.2, 0.25) is 5.91 Å². The molecular weight excluding hydrogens is 256 g/mol. The van der Waals surface area contributed by atoms with E-state index in [1.54, 1.807) is 36.4 Å². The fraction of sp³-hybridized carbons (Fsp3) is 0.0667. The number of carbonyl (C=O) groups excluding carboxylic acids is 2. The van der Waals surface area contributed by atoms with Crippen LogP contribution in [0.3, 0.4) is 0 Å². The molecule has 20 heavy (non-hydrogen) atoms. The Bertz CT molecular complexity index is 639. The van der Waals surface area contributed by atoms with E-state index >= 15 is 0 Å². The van der Waals surface area contributed by atoms with Gasteiger partial charge in [-0.1, -0.05) is 24.3 Å². The predicted octanol–water partition coefficient (Wildman–Crippen LogP) is 2.70. The average Bonchev–Trinajstić information content (AvgIpc) is 2.42. The Morgan fingerprint density at radius 2 is 1.80 bits per heavy atom. The smallest absolute Gasteiger partial charge is 0.410 e. The molecule has 3 N–H and O–H groups in total. The first kappa shape index (κ1) is 13.6. The molecule has 0 fully saturated rings. The van der Waals surface area contributed by atoms with Crippen LogP contribution in [0.2, 0.25) is 0 Å². The van der Waals surface area contributed by atoms with Crippen LogP contribution in [0, 0.1) is 6.92 Å². The molecular formula is C15H14N2O3. The Balaban J connectivity index is 2.11. The van der Waals surface area contributed by atoms with Crippen LogP contribution < -0.4 is 15.8 Å². The second-order valence-electron chi connectivity index (χ2n) is 4.22. The summed E-state index contributed by atoms with van der Waals surface area (Å²) >= 11 is 0. The van der Waals surface area contributed by atoms with E-state index in [0.717, 1.165) is 5.56 Å². The molecule has 5 heteroatoms. The van der Waals surface area contributed by atoms with Crippen molar-refractivity contribution in [3.05, 3.63) is 59.7 Å². The highest BCUT2D eigenvalue weighted by molar-refractivity contribution is 5.95. The molecule has 0 heterocycles. The Labute approximate surface area is 116 Å². The number of amides is 2. The lowest BCUT2D eigenvalue weighted by atomic mass is 10.1. The molecule has 2 rings (SSSR count). The zero-order valence-electron chi connectivity index (χ0n) is 10.9. The molecule has 0 unspecified atom stereocenters. The summed E-state index contributed by atoms with van der Waals surface area (Å²) in [5, 5.41) is 2.59. The molecule has 0 bridgehead atoms. The van der Waals surface area contributed by atoms with Crippen molar-refractivity contribution in [3.63, 3.8) is 0 Å². The van der Waals surface area contributed by atoms with Gasteiger partial charge in [0.1, 0.15) is 5.75 Å². The number of aryl methyl sites for hydroxylation is 1. The number of anilines is 1. The first-order chi connectivity index (χ1) is 9.56. The fourth-order valence-electron chi connectivity index (χ4n) is 1.64. The summed E-state index contributed by atoms with van der Waals surface area (Å²) in [6, 6.07) is 13.5. The molecule has 0 aliphatic heterocycles. The third-order valence-electron chi connectivity index (χ3n) is 2.71. The second-order valence-corrected chi connectivity index (χ2v) is 4.22. The molecule has 0 saturated carbocycles. The predicted molar refractivity (Wildman–Crippen MR) is 75.8 cm³/mol. The molecule has 5 nitrogen and oxygen atoms in total. The number of primary amides is 1. The number of carbonyl (C=O) groups is 2. The Kier molecular flexibility index (Phi) is 4.00. The zero-order valence-corrected chi connectivity index (χ0v) is 10.9. The van der Waals surface area contributed by atoms with Crippen LogP contribution in [0.15, 0.2) is 48.5 Å². The number of hydrogen-bond donors (Lipinski definition) is 2. The average molecular weight is 270 g/mol. The maximum Gasteiger partial charge on any atom is 0.417 e. The first-order valence-electron chi connectivity index (χ1n) is 6.00. The number of nitrogens with two attached hydrogens (primary N) is 1. The summed E-state index contributed by atoms with van der Waals surface area (Å²) in [6.45, 7) is 1.81. The summed E-state index contributed by atoms with van der Waals surface area (Å²) in [5.74, 6) is -0.113. The lowest BCUT2D eigenvalue weighted by molar-refractivity contribution is 0.1000. The van der Waals surface area contributed by atoms with Crippen LogP contribution in [-0.4, -0.2) is 12.0 Å². The number of rotatable bonds is 3. The lowest BCUT2D eigenvalue weighted by Crippen LogP contribution is -2.18. The fourth-order valence-corrected chi connectivity index (χ4v) is 1.64. The van der Waals surface area contributed by atoms with Crippen molar-refractivity contribution in [1.29, 1.82) is 0 Å². The molecule has 0 aromatic heterocycles. The van der Waals surface area contributed by atoms with Gasteiger partial charge in [-0.15, -0.1) is 0 Å². The molecule has 0 radical (unpaired) electrons. The van der Waals surface area contributed by atoms with E-state index in [1.165, 1.54) is 6.07 Å². The van der Waals surface area contributed by atoms with Crippen LogP contribution >= 0.6 is 0 Å². The van der Waals surface area contributed by atoms with Crippen molar-refractivity contribution >= 4 is 17.7 Å². The Hall–Kier alpha value is -2.82. The molecule has 0 aliphatic rings. The van der Waals surface area contributed by atoms with E-state index in [-0.39, 0.29) is 0 Å². The Morgan fingerprint density at radius 3 is 2.45 bits per heavy atom. The number of benzene rings is 2. The maximum atomic E-state index is 11.8. The first-order valence-corrected chi connectivity index (χ1v) is 6.00. The molecule has 0 spiro atoms. The van der Waals surface area contributed by atoms with E-state index in [2.05, 4.69) is 5.32 Å². The minimum absolute atomic E-state index is 0.325. The summed E-state index contributed by atoms with van der Waals surface area (Å²) in [6.07, 6.45) is -0.624. The van der Waals surface area contributed by atoms with Crippen molar-refractivity contribution < 1.29 is 14.3 Å². The van der Waals surface area contributed by atoms with Crippen molar-refractivity contribution in [3.8, 4) is 5.75 Å². The summed E-state index contributed by atoms with van der Waals surface area (Å²) < 4.78 is 5.11. The van der Waals surface area contributed by atoms with Gasteiger partial charge in [0.25, 0.3) is 0 Å². The van der Waals surface area contributed by atoms with Gasteiger partial charge in [0.05, 0.1) is 0 Å².